The molecule has 0 bridgehead atoms. The summed E-state index contributed by atoms with van der Waals surface area (Å²) in [5, 5.41) is 8.92. The van der Waals surface area contributed by atoms with Gasteiger partial charge in [0.25, 0.3) is 0 Å². The SMILES string of the molecule is CCN1CC[C@@H](CO)[C@H](N)C1. The van der Waals surface area contributed by atoms with Crippen LogP contribution in [0.2, 0.25) is 0 Å². The average molecular weight is 158 g/mol. The highest BCUT2D eigenvalue weighted by Gasteiger charge is 2.24. The Morgan fingerprint density at radius 1 is 1.64 bits per heavy atom. The van der Waals surface area contributed by atoms with Gasteiger partial charge in [-0.3, -0.25) is 0 Å². The van der Waals surface area contributed by atoms with Crippen LogP contribution in [-0.4, -0.2) is 42.3 Å². The molecule has 0 aromatic carbocycles. The first-order valence-corrected chi connectivity index (χ1v) is 4.36. The smallest absolute Gasteiger partial charge is 0.0475 e. The number of nitrogens with zero attached hydrogens (tertiary/aromatic N) is 1. The Hall–Kier alpha value is -0.120. The van der Waals surface area contributed by atoms with Crippen LogP contribution in [0.15, 0.2) is 0 Å². The third-order valence-electron chi connectivity index (χ3n) is 2.57. The number of hydrogen-bond donors (Lipinski definition) is 2. The average Bonchev–Trinajstić information content (AvgIpc) is 2.04. The van der Waals surface area contributed by atoms with E-state index >= 15 is 0 Å². The van der Waals surface area contributed by atoms with Crippen molar-refractivity contribution in [1.82, 2.24) is 4.90 Å². The Labute approximate surface area is 68.2 Å². The van der Waals surface area contributed by atoms with E-state index in [0.29, 0.717) is 5.92 Å². The summed E-state index contributed by atoms with van der Waals surface area (Å²) in [5.74, 6) is 0.331. The molecule has 0 saturated carbocycles. The second-order valence-electron chi connectivity index (χ2n) is 3.29. The van der Waals surface area contributed by atoms with E-state index < -0.39 is 0 Å². The lowest BCUT2D eigenvalue weighted by Gasteiger charge is -2.35. The van der Waals surface area contributed by atoms with E-state index in [0.717, 1.165) is 26.1 Å². The zero-order valence-electron chi connectivity index (χ0n) is 7.16. The van der Waals surface area contributed by atoms with Crippen LogP contribution in [0.5, 0.6) is 0 Å². The second kappa shape index (κ2) is 4.04. The lowest BCUT2D eigenvalue weighted by Crippen LogP contribution is -2.49. The third-order valence-corrected chi connectivity index (χ3v) is 2.57. The van der Waals surface area contributed by atoms with Crippen molar-refractivity contribution >= 4 is 0 Å². The van der Waals surface area contributed by atoms with Gasteiger partial charge in [0.15, 0.2) is 0 Å². The van der Waals surface area contributed by atoms with Crippen LogP contribution in [0.4, 0.5) is 0 Å². The highest BCUT2D eigenvalue weighted by Crippen LogP contribution is 2.14. The summed E-state index contributed by atoms with van der Waals surface area (Å²) in [4.78, 5) is 2.33. The van der Waals surface area contributed by atoms with Crippen molar-refractivity contribution in [3.8, 4) is 0 Å². The molecule has 3 heteroatoms. The van der Waals surface area contributed by atoms with E-state index in [4.69, 9.17) is 10.8 Å². The topological polar surface area (TPSA) is 49.5 Å². The number of hydrogen-bond acceptors (Lipinski definition) is 3. The molecule has 0 amide bonds. The maximum Gasteiger partial charge on any atom is 0.0475 e. The van der Waals surface area contributed by atoms with Crippen molar-refractivity contribution in [2.75, 3.05) is 26.2 Å². The first kappa shape index (κ1) is 8.97. The van der Waals surface area contributed by atoms with Crippen molar-refractivity contribution in [3.05, 3.63) is 0 Å². The van der Waals surface area contributed by atoms with E-state index in [1.54, 1.807) is 0 Å². The van der Waals surface area contributed by atoms with Gasteiger partial charge in [0, 0.05) is 19.2 Å². The molecular formula is C8H18N2O. The van der Waals surface area contributed by atoms with Gasteiger partial charge in [-0.25, -0.2) is 0 Å². The molecule has 0 unspecified atom stereocenters. The van der Waals surface area contributed by atoms with E-state index in [-0.39, 0.29) is 12.6 Å². The van der Waals surface area contributed by atoms with Crippen LogP contribution in [0.1, 0.15) is 13.3 Å². The summed E-state index contributed by atoms with van der Waals surface area (Å²) < 4.78 is 0. The summed E-state index contributed by atoms with van der Waals surface area (Å²) in [7, 11) is 0. The Morgan fingerprint density at radius 3 is 2.82 bits per heavy atom. The molecule has 0 aromatic heterocycles. The van der Waals surface area contributed by atoms with Crippen LogP contribution in [0, 0.1) is 5.92 Å². The fraction of sp³-hybridized carbons (Fsp3) is 1.00. The van der Waals surface area contributed by atoms with Crippen molar-refractivity contribution in [2.24, 2.45) is 11.7 Å². The van der Waals surface area contributed by atoms with Crippen LogP contribution < -0.4 is 5.73 Å². The zero-order valence-corrected chi connectivity index (χ0v) is 7.16. The van der Waals surface area contributed by atoms with E-state index in [2.05, 4.69) is 11.8 Å². The van der Waals surface area contributed by atoms with Gasteiger partial charge in [-0.1, -0.05) is 6.92 Å². The Morgan fingerprint density at radius 2 is 2.36 bits per heavy atom. The second-order valence-corrected chi connectivity index (χ2v) is 3.29. The van der Waals surface area contributed by atoms with E-state index in [1.165, 1.54) is 0 Å². The number of aliphatic hydroxyl groups is 1. The number of likely N-dealkylation sites (tertiary alicyclic amines) is 1. The summed E-state index contributed by atoms with van der Waals surface area (Å²) in [6.07, 6.45) is 1.05. The molecule has 1 fully saturated rings. The molecule has 66 valence electrons. The van der Waals surface area contributed by atoms with Crippen LogP contribution in [0.3, 0.4) is 0 Å². The molecule has 11 heavy (non-hydrogen) atoms. The van der Waals surface area contributed by atoms with E-state index in [1.807, 2.05) is 0 Å². The van der Waals surface area contributed by atoms with E-state index in [9.17, 15) is 0 Å². The van der Waals surface area contributed by atoms with Gasteiger partial charge in [-0.15, -0.1) is 0 Å². The lowest BCUT2D eigenvalue weighted by atomic mass is 9.93. The van der Waals surface area contributed by atoms with Gasteiger partial charge in [0.1, 0.15) is 0 Å². The minimum atomic E-state index is 0.175. The molecule has 2 atom stereocenters. The van der Waals surface area contributed by atoms with Gasteiger partial charge >= 0.3 is 0 Å². The summed E-state index contributed by atoms with van der Waals surface area (Å²) >= 11 is 0. The zero-order chi connectivity index (χ0) is 8.27. The molecule has 3 nitrogen and oxygen atoms in total. The molecule has 1 rings (SSSR count). The first-order chi connectivity index (χ1) is 5.27. The quantitative estimate of drug-likeness (QED) is 0.577. The largest absolute Gasteiger partial charge is 0.396 e. The molecule has 0 aromatic rings. The number of piperidine rings is 1. The summed E-state index contributed by atoms with van der Waals surface area (Å²) in [6.45, 7) is 5.51. The Balaban J connectivity index is 2.34. The van der Waals surface area contributed by atoms with Crippen molar-refractivity contribution in [2.45, 2.75) is 19.4 Å². The summed E-state index contributed by atoms with van der Waals surface area (Å²) in [5.41, 5.74) is 5.85. The number of nitrogens with two attached hydrogens (primary N) is 1. The molecule has 0 radical (unpaired) electrons. The molecule has 1 aliphatic heterocycles. The predicted octanol–water partition coefficient (Wildman–Crippen LogP) is -0.352. The number of rotatable bonds is 2. The van der Waals surface area contributed by atoms with Crippen molar-refractivity contribution in [1.29, 1.82) is 0 Å². The fourth-order valence-corrected chi connectivity index (χ4v) is 1.61. The van der Waals surface area contributed by atoms with Crippen molar-refractivity contribution in [3.63, 3.8) is 0 Å². The summed E-state index contributed by atoms with van der Waals surface area (Å²) in [6, 6.07) is 0.175. The van der Waals surface area contributed by atoms with Gasteiger partial charge in [0.2, 0.25) is 0 Å². The number of aliphatic hydroxyl groups excluding tert-OH is 1. The van der Waals surface area contributed by atoms with Crippen molar-refractivity contribution < 1.29 is 5.11 Å². The lowest BCUT2D eigenvalue weighted by molar-refractivity contribution is 0.115. The highest BCUT2D eigenvalue weighted by atomic mass is 16.3. The van der Waals surface area contributed by atoms with Crippen LogP contribution >= 0.6 is 0 Å². The monoisotopic (exact) mass is 158 g/mol. The fourth-order valence-electron chi connectivity index (χ4n) is 1.61. The maximum absolute atomic E-state index is 8.92. The maximum atomic E-state index is 8.92. The normalized spacial score (nSPS) is 34.1. The third kappa shape index (κ3) is 2.15. The molecule has 0 spiro atoms. The Kier molecular flexibility index (Phi) is 3.30. The molecule has 3 N–H and O–H groups in total. The predicted molar refractivity (Wildman–Crippen MR) is 45.3 cm³/mol. The molecule has 1 saturated heterocycles. The van der Waals surface area contributed by atoms with Crippen LogP contribution in [0.25, 0.3) is 0 Å². The van der Waals surface area contributed by atoms with Gasteiger partial charge in [-0.2, -0.15) is 0 Å². The van der Waals surface area contributed by atoms with Crippen LogP contribution in [-0.2, 0) is 0 Å². The first-order valence-electron chi connectivity index (χ1n) is 4.36. The minimum Gasteiger partial charge on any atom is -0.396 e. The van der Waals surface area contributed by atoms with Gasteiger partial charge < -0.3 is 15.7 Å². The Bertz CT molecular complexity index is 119. The number of likely N-dealkylation sites (N-methyl/N-ethyl adjacent to an activating group) is 1. The molecule has 1 heterocycles. The van der Waals surface area contributed by atoms with Gasteiger partial charge in [-0.05, 0) is 25.4 Å². The molecule has 1 aliphatic rings. The standard InChI is InChI=1S/C8H18N2O/c1-2-10-4-3-7(6-11)8(9)5-10/h7-8,11H,2-6,9H2,1H3/t7-,8+/m0/s1. The molecule has 0 aliphatic carbocycles. The van der Waals surface area contributed by atoms with Gasteiger partial charge in [0.05, 0.1) is 0 Å². The highest BCUT2D eigenvalue weighted by molar-refractivity contribution is 4.81. The molecular weight excluding hydrogens is 140 g/mol. The minimum absolute atomic E-state index is 0.175.